The van der Waals surface area contributed by atoms with Gasteiger partial charge in [-0.05, 0) is 29.1 Å². The van der Waals surface area contributed by atoms with E-state index in [-0.39, 0.29) is 12.2 Å². The molecule has 0 unspecified atom stereocenters. The second-order valence-corrected chi connectivity index (χ2v) is 5.54. The molecule has 5 heteroatoms. The summed E-state index contributed by atoms with van der Waals surface area (Å²) in [5.74, 6) is -0.0694. The van der Waals surface area contributed by atoms with E-state index < -0.39 is 0 Å². The molecule has 1 aromatic carbocycles. The highest BCUT2D eigenvalue weighted by Gasteiger charge is 2.16. The number of rotatable bonds is 3. The molecule has 0 aliphatic heterocycles. The van der Waals surface area contributed by atoms with Gasteiger partial charge in [0.05, 0.1) is 9.90 Å². The summed E-state index contributed by atoms with van der Waals surface area (Å²) in [7, 11) is 0. The average Bonchev–Trinajstić information content (AvgIpc) is 2.70. The fourth-order valence-electron chi connectivity index (χ4n) is 1.43. The van der Waals surface area contributed by atoms with Crippen molar-refractivity contribution in [2.45, 2.75) is 6.42 Å². The lowest BCUT2D eigenvalue weighted by atomic mass is 10.1. The Morgan fingerprint density at radius 3 is 2.24 bits per heavy atom. The number of thiophene rings is 1. The third-order valence-electron chi connectivity index (χ3n) is 2.27. The number of Topliss-reactive ketones (excluding diaryl/α,β-unsaturated/α-hetero) is 1. The van der Waals surface area contributed by atoms with Crippen LogP contribution in [0.3, 0.4) is 0 Å². The second kappa shape index (κ2) is 5.40. The highest BCUT2D eigenvalue weighted by Crippen LogP contribution is 2.28. The van der Waals surface area contributed by atoms with Crippen molar-refractivity contribution in [3.63, 3.8) is 0 Å². The monoisotopic (exact) mass is 304 g/mol. The van der Waals surface area contributed by atoms with Crippen molar-refractivity contribution in [2.24, 2.45) is 0 Å². The van der Waals surface area contributed by atoms with Gasteiger partial charge in [-0.15, -0.1) is 11.3 Å². The molecule has 0 spiro atoms. The van der Waals surface area contributed by atoms with Crippen LogP contribution in [0.1, 0.15) is 15.2 Å². The molecule has 0 fully saturated rings. The molecule has 2 aromatic rings. The molecule has 1 aromatic heterocycles. The fraction of sp³-hybridized carbons (Fsp3) is 0.0833. The normalized spacial score (nSPS) is 10.5. The molecule has 0 aliphatic rings. The van der Waals surface area contributed by atoms with Crippen LogP contribution in [-0.4, -0.2) is 5.78 Å². The van der Waals surface area contributed by atoms with Gasteiger partial charge in [0.15, 0.2) is 5.78 Å². The van der Waals surface area contributed by atoms with Crippen LogP contribution >= 0.6 is 46.1 Å². The highest BCUT2D eigenvalue weighted by molar-refractivity contribution is 7.12. The molecule has 17 heavy (non-hydrogen) atoms. The van der Waals surface area contributed by atoms with Gasteiger partial charge in [0.2, 0.25) is 0 Å². The van der Waals surface area contributed by atoms with Crippen molar-refractivity contribution in [1.82, 2.24) is 0 Å². The molecular formula is C12H7Cl3OS. The Morgan fingerprint density at radius 2 is 1.71 bits per heavy atom. The van der Waals surface area contributed by atoms with Gasteiger partial charge < -0.3 is 0 Å². The zero-order valence-electron chi connectivity index (χ0n) is 8.54. The SMILES string of the molecule is O=C(Cc1c(Cl)cccc1Cl)c1sccc1Cl. The summed E-state index contributed by atoms with van der Waals surface area (Å²) in [5, 5.41) is 3.25. The standard InChI is InChI=1S/C12H7Cl3OS/c13-8-2-1-3-9(14)7(8)6-11(16)12-10(15)4-5-17-12/h1-5H,6H2. The number of halogens is 3. The number of carbonyl (C=O) groups is 1. The zero-order chi connectivity index (χ0) is 12.4. The molecule has 0 N–H and O–H groups in total. The van der Waals surface area contributed by atoms with E-state index in [2.05, 4.69) is 0 Å². The molecule has 0 saturated heterocycles. The maximum absolute atomic E-state index is 12.0. The molecule has 0 aliphatic carbocycles. The van der Waals surface area contributed by atoms with Crippen molar-refractivity contribution in [3.05, 3.63) is 55.2 Å². The van der Waals surface area contributed by atoms with Crippen LogP contribution in [0.5, 0.6) is 0 Å². The Labute approximate surface area is 118 Å². The van der Waals surface area contributed by atoms with E-state index in [0.717, 1.165) is 0 Å². The summed E-state index contributed by atoms with van der Waals surface area (Å²) < 4.78 is 0. The van der Waals surface area contributed by atoms with Gasteiger partial charge >= 0.3 is 0 Å². The predicted octanol–water partition coefficient (Wildman–Crippen LogP) is 5.13. The number of hydrogen-bond acceptors (Lipinski definition) is 2. The predicted molar refractivity (Wildman–Crippen MR) is 73.8 cm³/mol. The van der Waals surface area contributed by atoms with Gasteiger partial charge in [-0.1, -0.05) is 40.9 Å². The minimum absolute atomic E-state index is 0.0694. The molecule has 1 heterocycles. The molecule has 0 amide bonds. The van der Waals surface area contributed by atoms with Crippen LogP contribution in [0.4, 0.5) is 0 Å². The van der Waals surface area contributed by atoms with Gasteiger partial charge in [0.25, 0.3) is 0 Å². The topological polar surface area (TPSA) is 17.1 Å². The first kappa shape index (κ1) is 12.9. The third-order valence-corrected chi connectivity index (χ3v) is 4.36. The molecule has 0 saturated carbocycles. The van der Waals surface area contributed by atoms with Gasteiger partial charge in [0, 0.05) is 16.5 Å². The summed E-state index contributed by atoms with van der Waals surface area (Å²) in [6.45, 7) is 0. The van der Waals surface area contributed by atoms with Crippen LogP contribution in [0.15, 0.2) is 29.6 Å². The minimum Gasteiger partial charge on any atom is -0.293 e. The first-order chi connectivity index (χ1) is 8.09. The highest BCUT2D eigenvalue weighted by atomic mass is 35.5. The second-order valence-electron chi connectivity index (χ2n) is 3.40. The molecular weight excluding hydrogens is 299 g/mol. The van der Waals surface area contributed by atoms with Gasteiger partial charge in [-0.2, -0.15) is 0 Å². The maximum atomic E-state index is 12.0. The third kappa shape index (κ3) is 2.83. The van der Waals surface area contributed by atoms with Crippen LogP contribution in [0, 0.1) is 0 Å². The largest absolute Gasteiger partial charge is 0.293 e. The van der Waals surface area contributed by atoms with Gasteiger partial charge in [0.1, 0.15) is 0 Å². The van der Waals surface area contributed by atoms with Crippen molar-refractivity contribution in [3.8, 4) is 0 Å². The van der Waals surface area contributed by atoms with Crippen molar-refractivity contribution >= 4 is 51.9 Å². The summed E-state index contributed by atoms with van der Waals surface area (Å²) >= 11 is 19.2. The van der Waals surface area contributed by atoms with E-state index in [4.69, 9.17) is 34.8 Å². The summed E-state index contributed by atoms with van der Waals surface area (Å²) in [6.07, 6.45) is 0.165. The van der Waals surface area contributed by atoms with Crippen LogP contribution in [0.2, 0.25) is 15.1 Å². The number of hydrogen-bond donors (Lipinski definition) is 0. The van der Waals surface area contributed by atoms with Crippen LogP contribution in [-0.2, 0) is 6.42 Å². The molecule has 0 radical (unpaired) electrons. The number of carbonyl (C=O) groups excluding carboxylic acids is 1. The summed E-state index contributed by atoms with van der Waals surface area (Å²) in [6, 6.07) is 6.88. The van der Waals surface area contributed by atoms with E-state index >= 15 is 0 Å². The smallest absolute Gasteiger partial charge is 0.178 e. The van der Waals surface area contributed by atoms with Gasteiger partial charge in [-0.25, -0.2) is 0 Å². The summed E-state index contributed by atoms with van der Waals surface area (Å²) in [5.41, 5.74) is 0.644. The molecule has 1 nitrogen and oxygen atoms in total. The fourth-order valence-corrected chi connectivity index (χ4v) is 3.07. The van der Waals surface area contributed by atoms with E-state index in [0.29, 0.717) is 25.5 Å². The Balaban J connectivity index is 2.28. The summed E-state index contributed by atoms with van der Waals surface area (Å²) in [4.78, 5) is 12.6. The average molecular weight is 306 g/mol. The Bertz CT molecular complexity index is 542. The van der Waals surface area contributed by atoms with Crippen molar-refractivity contribution < 1.29 is 4.79 Å². The molecule has 0 atom stereocenters. The minimum atomic E-state index is -0.0694. The number of benzene rings is 1. The number of ketones is 1. The molecule has 88 valence electrons. The van der Waals surface area contributed by atoms with E-state index in [9.17, 15) is 4.79 Å². The maximum Gasteiger partial charge on any atom is 0.178 e. The van der Waals surface area contributed by atoms with Crippen LogP contribution in [0.25, 0.3) is 0 Å². The lowest BCUT2D eigenvalue weighted by molar-refractivity contribution is 0.0997. The Kier molecular flexibility index (Phi) is 4.10. The lowest BCUT2D eigenvalue weighted by Crippen LogP contribution is -2.03. The van der Waals surface area contributed by atoms with E-state index in [1.165, 1.54) is 11.3 Å². The van der Waals surface area contributed by atoms with Crippen molar-refractivity contribution in [2.75, 3.05) is 0 Å². The Hall–Kier alpha value is -0.540. The van der Waals surface area contributed by atoms with E-state index in [1.807, 2.05) is 0 Å². The molecule has 0 bridgehead atoms. The van der Waals surface area contributed by atoms with Crippen molar-refractivity contribution in [1.29, 1.82) is 0 Å². The lowest BCUT2D eigenvalue weighted by Gasteiger charge is -2.05. The van der Waals surface area contributed by atoms with Crippen LogP contribution < -0.4 is 0 Å². The zero-order valence-corrected chi connectivity index (χ0v) is 11.6. The molecule has 2 rings (SSSR count). The van der Waals surface area contributed by atoms with E-state index in [1.54, 1.807) is 29.6 Å². The van der Waals surface area contributed by atoms with Gasteiger partial charge in [-0.3, -0.25) is 4.79 Å². The Morgan fingerprint density at radius 1 is 1.06 bits per heavy atom. The first-order valence-electron chi connectivity index (χ1n) is 4.78. The first-order valence-corrected chi connectivity index (χ1v) is 6.80. The quantitative estimate of drug-likeness (QED) is 0.718.